The number of nitrogens with two attached hydrogens (primary N) is 1. The first kappa shape index (κ1) is 10.3. The van der Waals surface area contributed by atoms with Crippen LogP contribution in [0.1, 0.15) is 16.7 Å². The molecule has 3 heteroatoms. The molecule has 0 unspecified atom stereocenters. The third-order valence-corrected chi connectivity index (χ3v) is 3.17. The fraction of sp³-hybridized carbons (Fsp3) is 0.250. The predicted octanol–water partition coefficient (Wildman–Crippen LogP) is 2.71. The van der Waals surface area contributed by atoms with E-state index in [0.29, 0.717) is 5.17 Å². The summed E-state index contributed by atoms with van der Waals surface area (Å²) in [6.07, 6.45) is 1.88. The minimum atomic E-state index is 0.656. The highest BCUT2D eigenvalue weighted by Crippen LogP contribution is 2.25. The van der Waals surface area contributed by atoms with E-state index in [1.165, 1.54) is 22.3 Å². The first-order valence-corrected chi connectivity index (χ1v) is 5.87. The van der Waals surface area contributed by atoms with Gasteiger partial charge >= 0.3 is 0 Å². The molecule has 0 atom stereocenters. The minimum Gasteiger partial charge on any atom is -0.378 e. The lowest BCUT2D eigenvalue weighted by molar-refractivity contribution is 1.35. The van der Waals surface area contributed by atoms with Crippen molar-refractivity contribution >= 4 is 22.5 Å². The molecule has 0 aromatic heterocycles. The topological polar surface area (TPSA) is 38.4 Å². The maximum atomic E-state index is 5.60. The van der Waals surface area contributed by atoms with E-state index < -0.39 is 0 Å². The lowest BCUT2D eigenvalue weighted by Crippen LogP contribution is -2.10. The Morgan fingerprint density at radius 3 is 2.40 bits per heavy atom. The quantitative estimate of drug-likeness (QED) is 0.787. The Bertz CT molecular complexity index is 427. The highest BCUT2D eigenvalue weighted by molar-refractivity contribution is 8.14. The second-order valence-electron chi connectivity index (χ2n) is 3.79. The summed E-state index contributed by atoms with van der Waals surface area (Å²) in [5.41, 5.74) is 10.7. The summed E-state index contributed by atoms with van der Waals surface area (Å²) in [6, 6.07) is 6.56. The molecule has 15 heavy (non-hydrogen) atoms. The number of amidine groups is 1. The van der Waals surface area contributed by atoms with Crippen molar-refractivity contribution in [2.75, 3.05) is 5.75 Å². The van der Waals surface area contributed by atoms with E-state index in [0.717, 1.165) is 5.75 Å². The van der Waals surface area contributed by atoms with Crippen LogP contribution in [0.25, 0.3) is 5.57 Å². The number of aryl methyl sites for hydroxylation is 2. The Kier molecular flexibility index (Phi) is 2.82. The van der Waals surface area contributed by atoms with E-state index in [2.05, 4.69) is 37.0 Å². The predicted molar refractivity (Wildman–Crippen MR) is 68.0 cm³/mol. The van der Waals surface area contributed by atoms with Gasteiger partial charge in [0.1, 0.15) is 0 Å². The van der Waals surface area contributed by atoms with Gasteiger partial charge in [-0.25, -0.2) is 4.99 Å². The van der Waals surface area contributed by atoms with Crippen molar-refractivity contribution in [3.63, 3.8) is 0 Å². The maximum Gasteiger partial charge on any atom is 0.158 e. The van der Waals surface area contributed by atoms with Gasteiger partial charge in [-0.2, -0.15) is 0 Å². The fourth-order valence-electron chi connectivity index (χ4n) is 1.69. The first-order valence-electron chi connectivity index (χ1n) is 4.89. The summed E-state index contributed by atoms with van der Waals surface area (Å²) in [4.78, 5) is 4.14. The number of hydrogen-bond acceptors (Lipinski definition) is 3. The smallest absolute Gasteiger partial charge is 0.158 e. The monoisotopic (exact) mass is 218 g/mol. The third kappa shape index (κ3) is 2.42. The summed E-state index contributed by atoms with van der Waals surface area (Å²) in [7, 11) is 0. The first-order chi connectivity index (χ1) is 7.15. The summed E-state index contributed by atoms with van der Waals surface area (Å²) in [5, 5.41) is 0.656. The highest BCUT2D eigenvalue weighted by atomic mass is 32.2. The van der Waals surface area contributed by atoms with Gasteiger partial charge in [0.15, 0.2) is 5.17 Å². The molecule has 0 amide bonds. The SMILES string of the molecule is Cc1cc(C)cc(C2=CN=C(N)SC2)c1. The van der Waals surface area contributed by atoms with Crippen LogP contribution in [0.5, 0.6) is 0 Å². The van der Waals surface area contributed by atoms with Crippen LogP contribution in [0.2, 0.25) is 0 Å². The van der Waals surface area contributed by atoms with E-state index in [9.17, 15) is 0 Å². The lowest BCUT2D eigenvalue weighted by atomic mass is 10.0. The molecule has 1 aliphatic rings. The third-order valence-electron chi connectivity index (χ3n) is 2.32. The van der Waals surface area contributed by atoms with Crippen molar-refractivity contribution in [3.05, 3.63) is 41.1 Å². The molecule has 0 aliphatic carbocycles. The van der Waals surface area contributed by atoms with Gasteiger partial charge in [-0.3, -0.25) is 0 Å². The molecule has 0 saturated heterocycles. The van der Waals surface area contributed by atoms with Crippen molar-refractivity contribution in [2.24, 2.45) is 10.7 Å². The van der Waals surface area contributed by atoms with E-state index in [-0.39, 0.29) is 0 Å². The molecule has 0 saturated carbocycles. The maximum absolute atomic E-state index is 5.60. The van der Waals surface area contributed by atoms with Crippen LogP contribution in [0.3, 0.4) is 0 Å². The van der Waals surface area contributed by atoms with Gasteiger partial charge in [-0.15, -0.1) is 0 Å². The largest absolute Gasteiger partial charge is 0.378 e. The molecule has 0 fully saturated rings. The average Bonchev–Trinajstić information content (AvgIpc) is 2.17. The van der Waals surface area contributed by atoms with Crippen LogP contribution in [0.4, 0.5) is 0 Å². The van der Waals surface area contributed by atoms with Crippen molar-refractivity contribution in [3.8, 4) is 0 Å². The molecular weight excluding hydrogens is 204 g/mol. The van der Waals surface area contributed by atoms with Crippen molar-refractivity contribution in [1.82, 2.24) is 0 Å². The van der Waals surface area contributed by atoms with Crippen molar-refractivity contribution < 1.29 is 0 Å². The summed E-state index contributed by atoms with van der Waals surface area (Å²) >= 11 is 1.59. The zero-order valence-corrected chi connectivity index (χ0v) is 9.77. The normalized spacial score (nSPS) is 15.9. The molecule has 2 rings (SSSR count). The lowest BCUT2D eigenvalue weighted by Gasteiger charge is -2.12. The minimum absolute atomic E-state index is 0.656. The standard InChI is InChI=1S/C12H14N2S/c1-8-3-9(2)5-10(4-8)11-6-14-12(13)15-7-11/h3-6H,7H2,1-2H3,(H2,13,14). The number of nitrogens with zero attached hydrogens (tertiary/aromatic N) is 1. The fourth-order valence-corrected chi connectivity index (χ4v) is 2.36. The Hall–Kier alpha value is -1.22. The van der Waals surface area contributed by atoms with Gasteiger partial charge in [-0.1, -0.05) is 41.1 Å². The molecule has 1 aromatic carbocycles. The molecule has 2 nitrogen and oxygen atoms in total. The second kappa shape index (κ2) is 4.11. The molecular formula is C12H14N2S. The number of rotatable bonds is 1. The molecule has 0 spiro atoms. The van der Waals surface area contributed by atoms with Crippen molar-refractivity contribution in [2.45, 2.75) is 13.8 Å². The summed E-state index contributed by atoms with van der Waals surface area (Å²) in [5.74, 6) is 0.915. The Balaban J connectivity index is 2.38. The number of hydrogen-bond donors (Lipinski definition) is 1. The molecule has 0 radical (unpaired) electrons. The van der Waals surface area contributed by atoms with Crippen molar-refractivity contribution in [1.29, 1.82) is 0 Å². The van der Waals surface area contributed by atoms with E-state index >= 15 is 0 Å². The van der Waals surface area contributed by atoms with Gasteiger partial charge in [0, 0.05) is 12.0 Å². The molecule has 2 N–H and O–H groups in total. The van der Waals surface area contributed by atoms with Crippen LogP contribution in [0, 0.1) is 13.8 Å². The zero-order chi connectivity index (χ0) is 10.8. The van der Waals surface area contributed by atoms with Crippen LogP contribution in [0.15, 0.2) is 29.4 Å². The van der Waals surface area contributed by atoms with E-state index in [4.69, 9.17) is 5.73 Å². The molecule has 1 aromatic rings. The van der Waals surface area contributed by atoms with Crippen LogP contribution in [-0.4, -0.2) is 10.9 Å². The Labute approximate surface area is 94.3 Å². The van der Waals surface area contributed by atoms with Crippen LogP contribution in [-0.2, 0) is 0 Å². The summed E-state index contributed by atoms with van der Waals surface area (Å²) < 4.78 is 0. The Morgan fingerprint density at radius 2 is 1.87 bits per heavy atom. The number of thioether (sulfide) groups is 1. The molecule has 78 valence electrons. The molecule has 1 heterocycles. The van der Waals surface area contributed by atoms with Gasteiger partial charge in [-0.05, 0) is 25.0 Å². The van der Waals surface area contributed by atoms with Gasteiger partial charge in [0.2, 0.25) is 0 Å². The highest BCUT2D eigenvalue weighted by Gasteiger charge is 2.08. The second-order valence-corrected chi connectivity index (χ2v) is 4.78. The summed E-state index contributed by atoms with van der Waals surface area (Å²) in [6.45, 7) is 4.23. The Morgan fingerprint density at radius 1 is 1.20 bits per heavy atom. The average molecular weight is 218 g/mol. The van der Waals surface area contributed by atoms with E-state index in [1.54, 1.807) is 11.8 Å². The van der Waals surface area contributed by atoms with Crippen LogP contribution < -0.4 is 5.73 Å². The number of aliphatic imine (C=N–C) groups is 1. The van der Waals surface area contributed by atoms with Gasteiger partial charge in [0.25, 0.3) is 0 Å². The molecule has 0 bridgehead atoms. The zero-order valence-electron chi connectivity index (χ0n) is 8.95. The number of benzene rings is 1. The van der Waals surface area contributed by atoms with Crippen LogP contribution >= 0.6 is 11.8 Å². The van der Waals surface area contributed by atoms with Gasteiger partial charge in [0.05, 0.1) is 0 Å². The molecule has 1 aliphatic heterocycles. The van der Waals surface area contributed by atoms with E-state index in [1.807, 2.05) is 6.20 Å². The van der Waals surface area contributed by atoms with Gasteiger partial charge < -0.3 is 5.73 Å².